The molecule has 2 heteroatoms. The van der Waals surface area contributed by atoms with Gasteiger partial charge in [-0.3, -0.25) is 0 Å². The van der Waals surface area contributed by atoms with Gasteiger partial charge in [0.05, 0.1) is 0 Å². The molecule has 1 aliphatic carbocycles. The maximum Gasteiger partial charge on any atom is 0.0104 e. The molecule has 0 aromatic carbocycles. The van der Waals surface area contributed by atoms with Crippen LogP contribution < -0.4 is 5.32 Å². The van der Waals surface area contributed by atoms with Crippen LogP contribution in [0.5, 0.6) is 0 Å². The molecule has 2 rings (SSSR count). The molecule has 1 heterocycles. The zero-order valence-electron chi connectivity index (χ0n) is 13.2. The predicted molar refractivity (Wildman–Crippen MR) is 83.5 cm³/mol. The number of hydrogen-bond donors (Lipinski definition) is 1. The molecule has 0 aromatic rings. The van der Waals surface area contributed by atoms with E-state index in [0.717, 1.165) is 18.0 Å². The van der Waals surface area contributed by atoms with E-state index in [9.17, 15) is 0 Å². The van der Waals surface area contributed by atoms with Crippen LogP contribution in [0, 0.1) is 5.92 Å². The van der Waals surface area contributed by atoms with Gasteiger partial charge in [-0.1, -0.05) is 39.0 Å². The summed E-state index contributed by atoms with van der Waals surface area (Å²) in [6.07, 6.45) is 14.3. The first-order valence-electron chi connectivity index (χ1n) is 8.76. The van der Waals surface area contributed by atoms with E-state index >= 15 is 0 Å². The minimum atomic E-state index is 0.770. The molecule has 1 saturated carbocycles. The quantitative estimate of drug-likeness (QED) is 0.761. The van der Waals surface area contributed by atoms with Crippen molar-refractivity contribution < 1.29 is 0 Å². The molecular formula is C17H34N2. The lowest BCUT2D eigenvalue weighted by atomic mass is 9.91. The fourth-order valence-electron chi connectivity index (χ4n) is 4.24. The van der Waals surface area contributed by atoms with Gasteiger partial charge in [-0.2, -0.15) is 0 Å². The van der Waals surface area contributed by atoms with E-state index in [0.29, 0.717) is 0 Å². The van der Waals surface area contributed by atoms with Crippen molar-refractivity contribution >= 4 is 0 Å². The summed E-state index contributed by atoms with van der Waals surface area (Å²) in [6.45, 7) is 5.06. The molecule has 19 heavy (non-hydrogen) atoms. The van der Waals surface area contributed by atoms with Gasteiger partial charge in [-0.25, -0.2) is 0 Å². The number of nitrogens with one attached hydrogen (secondary N) is 1. The van der Waals surface area contributed by atoms with Crippen LogP contribution in [0.1, 0.15) is 71.1 Å². The summed E-state index contributed by atoms with van der Waals surface area (Å²) in [6, 6.07) is 1.66. The van der Waals surface area contributed by atoms with E-state index < -0.39 is 0 Å². The van der Waals surface area contributed by atoms with Crippen molar-refractivity contribution in [1.29, 1.82) is 0 Å². The molecule has 1 saturated heterocycles. The van der Waals surface area contributed by atoms with Gasteiger partial charge in [0.2, 0.25) is 0 Å². The van der Waals surface area contributed by atoms with Crippen LogP contribution >= 0.6 is 0 Å². The van der Waals surface area contributed by atoms with Gasteiger partial charge >= 0.3 is 0 Å². The molecule has 1 N–H and O–H groups in total. The monoisotopic (exact) mass is 266 g/mol. The Bertz CT molecular complexity index is 239. The highest BCUT2D eigenvalue weighted by molar-refractivity contribution is 4.84. The third-order valence-corrected chi connectivity index (χ3v) is 5.37. The van der Waals surface area contributed by atoms with E-state index in [2.05, 4.69) is 24.2 Å². The Morgan fingerprint density at radius 2 is 1.79 bits per heavy atom. The number of piperidine rings is 1. The van der Waals surface area contributed by atoms with Crippen molar-refractivity contribution in [1.82, 2.24) is 10.2 Å². The summed E-state index contributed by atoms with van der Waals surface area (Å²) < 4.78 is 0. The second-order valence-electron chi connectivity index (χ2n) is 6.73. The van der Waals surface area contributed by atoms with Crippen LogP contribution in [0.2, 0.25) is 0 Å². The van der Waals surface area contributed by atoms with Crippen molar-refractivity contribution in [3.05, 3.63) is 0 Å². The Kier molecular flexibility index (Phi) is 6.66. The molecule has 0 amide bonds. The normalized spacial score (nSPS) is 34.1. The number of likely N-dealkylation sites (tertiary alicyclic amines) is 1. The molecule has 2 nitrogen and oxygen atoms in total. The van der Waals surface area contributed by atoms with Crippen LogP contribution in [0.25, 0.3) is 0 Å². The van der Waals surface area contributed by atoms with E-state index in [-0.39, 0.29) is 0 Å². The first kappa shape index (κ1) is 15.3. The smallest absolute Gasteiger partial charge is 0.0104 e. The SMILES string of the molecule is CCCC1CCCCN1CC1CCCCCC1NC. The van der Waals surface area contributed by atoms with Crippen LogP contribution in [0.3, 0.4) is 0 Å². The molecule has 3 atom stereocenters. The highest BCUT2D eigenvalue weighted by atomic mass is 15.2. The summed E-state index contributed by atoms with van der Waals surface area (Å²) in [5, 5.41) is 3.60. The van der Waals surface area contributed by atoms with Gasteiger partial charge < -0.3 is 10.2 Å². The molecule has 1 aliphatic heterocycles. The summed E-state index contributed by atoms with van der Waals surface area (Å²) >= 11 is 0. The van der Waals surface area contributed by atoms with Crippen molar-refractivity contribution in [2.75, 3.05) is 20.1 Å². The fourth-order valence-corrected chi connectivity index (χ4v) is 4.24. The third kappa shape index (κ3) is 4.46. The van der Waals surface area contributed by atoms with Gasteiger partial charge in [0.25, 0.3) is 0 Å². The molecule has 0 bridgehead atoms. The average molecular weight is 266 g/mol. The Balaban J connectivity index is 1.91. The van der Waals surface area contributed by atoms with Crippen molar-refractivity contribution in [3.63, 3.8) is 0 Å². The molecule has 2 aliphatic rings. The molecule has 3 unspecified atom stereocenters. The first-order valence-corrected chi connectivity index (χ1v) is 8.76. The molecule has 2 fully saturated rings. The summed E-state index contributed by atoms with van der Waals surface area (Å²) in [5.74, 6) is 0.893. The Morgan fingerprint density at radius 1 is 1.00 bits per heavy atom. The Morgan fingerprint density at radius 3 is 2.58 bits per heavy atom. The van der Waals surface area contributed by atoms with Gasteiger partial charge in [-0.05, 0) is 51.6 Å². The third-order valence-electron chi connectivity index (χ3n) is 5.37. The van der Waals surface area contributed by atoms with Crippen LogP contribution in [-0.2, 0) is 0 Å². The second kappa shape index (κ2) is 8.26. The van der Waals surface area contributed by atoms with Gasteiger partial charge in [0, 0.05) is 18.6 Å². The number of rotatable bonds is 5. The minimum Gasteiger partial charge on any atom is -0.317 e. The van der Waals surface area contributed by atoms with Gasteiger partial charge in [-0.15, -0.1) is 0 Å². The van der Waals surface area contributed by atoms with Crippen LogP contribution in [-0.4, -0.2) is 37.1 Å². The topological polar surface area (TPSA) is 15.3 Å². The molecule has 0 aromatic heterocycles. The van der Waals surface area contributed by atoms with E-state index in [1.165, 1.54) is 77.3 Å². The van der Waals surface area contributed by atoms with Crippen molar-refractivity contribution in [2.24, 2.45) is 5.92 Å². The van der Waals surface area contributed by atoms with E-state index in [1.54, 1.807) is 0 Å². The Hall–Kier alpha value is -0.0800. The lowest BCUT2D eigenvalue weighted by molar-refractivity contribution is 0.105. The Labute approximate surface area is 120 Å². The van der Waals surface area contributed by atoms with Gasteiger partial charge in [0.15, 0.2) is 0 Å². The first-order chi connectivity index (χ1) is 9.35. The lowest BCUT2D eigenvalue weighted by Gasteiger charge is -2.39. The van der Waals surface area contributed by atoms with Crippen LogP contribution in [0.4, 0.5) is 0 Å². The maximum atomic E-state index is 3.60. The largest absolute Gasteiger partial charge is 0.317 e. The zero-order valence-corrected chi connectivity index (χ0v) is 13.2. The number of hydrogen-bond acceptors (Lipinski definition) is 2. The number of nitrogens with zero attached hydrogens (tertiary/aromatic N) is 1. The summed E-state index contributed by atoms with van der Waals surface area (Å²) in [7, 11) is 2.17. The minimum absolute atomic E-state index is 0.770. The molecule has 0 spiro atoms. The highest BCUT2D eigenvalue weighted by Gasteiger charge is 2.28. The predicted octanol–water partition coefficient (Wildman–Crippen LogP) is 3.81. The van der Waals surface area contributed by atoms with Crippen molar-refractivity contribution in [3.8, 4) is 0 Å². The molecular weight excluding hydrogens is 232 g/mol. The standard InChI is InChI=1S/C17H34N2/c1-3-9-16-11-7-8-13-19(16)14-15-10-5-4-6-12-17(15)18-2/h15-18H,3-14H2,1-2H3. The fraction of sp³-hybridized carbons (Fsp3) is 1.00. The maximum absolute atomic E-state index is 3.60. The average Bonchev–Trinajstić information content (AvgIpc) is 2.66. The summed E-state index contributed by atoms with van der Waals surface area (Å²) in [5.41, 5.74) is 0. The lowest BCUT2D eigenvalue weighted by Crippen LogP contribution is -2.46. The second-order valence-corrected chi connectivity index (χ2v) is 6.73. The molecule has 0 radical (unpaired) electrons. The van der Waals surface area contributed by atoms with E-state index in [1.807, 2.05) is 0 Å². The summed E-state index contributed by atoms with van der Waals surface area (Å²) in [4.78, 5) is 2.84. The molecule has 112 valence electrons. The van der Waals surface area contributed by atoms with Gasteiger partial charge in [0.1, 0.15) is 0 Å². The van der Waals surface area contributed by atoms with Crippen molar-refractivity contribution in [2.45, 2.75) is 83.2 Å². The zero-order chi connectivity index (χ0) is 13.5. The highest BCUT2D eigenvalue weighted by Crippen LogP contribution is 2.28. The van der Waals surface area contributed by atoms with E-state index in [4.69, 9.17) is 0 Å². The van der Waals surface area contributed by atoms with Crippen LogP contribution in [0.15, 0.2) is 0 Å².